The van der Waals surface area contributed by atoms with Gasteiger partial charge in [-0.15, -0.1) is 0 Å². The number of aromatic nitrogens is 1. The maximum atomic E-state index is 12.0. The second kappa shape index (κ2) is 16.8. The molecule has 5 nitrogen and oxygen atoms in total. The molecule has 0 aliphatic heterocycles. The smallest absolute Gasteiger partial charge is 0.497 e. The summed E-state index contributed by atoms with van der Waals surface area (Å²) >= 11 is 0. The molecule has 2 N–H and O–H groups in total. The quantitative estimate of drug-likeness (QED) is 0.306. The summed E-state index contributed by atoms with van der Waals surface area (Å²) in [7, 11) is 1.67. The topological polar surface area (TPSA) is 63.2 Å². The normalized spacial score (nSPS) is 16.2. The summed E-state index contributed by atoms with van der Waals surface area (Å²) in [5.74, 6) is 2.26. The molecule has 2 saturated carbocycles. The number of nitrogens with one attached hydrogen (secondary N) is 2. The van der Waals surface area contributed by atoms with Crippen molar-refractivity contribution in [2.24, 2.45) is 0 Å². The molecule has 2 fully saturated rings. The van der Waals surface area contributed by atoms with Crippen molar-refractivity contribution >= 4 is 22.5 Å². The summed E-state index contributed by atoms with van der Waals surface area (Å²) < 4.78 is 5.41. The van der Waals surface area contributed by atoms with E-state index in [0.717, 1.165) is 48.0 Å². The van der Waals surface area contributed by atoms with Crippen LogP contribution in [0.3, 0.4) is 0 Å². The first kappa shape index (κ1) is 29.4. The number of methoxy groups -OCH3 is 1. The van der Waals surface area contributed by atoms with E-state index in [9.17, 15) is 4.79 Å². The monoisotopic (exact) mass is 513 g/mol. The molecular formula is C29H35FeN3O2+2. The van der Waals surface area contributed by atoms with E-state index >= 15 is 0 Å². The molecule has 1 unspecified atom stereocenters. The Kier molecular flexibility index (Phi) is 14.1. The Bertz CT molecular complexity index is 859. The zero-order valence-electron chi connectivity index (χ0n) is 20.5. The SMILES string of the molecule is COc1cc(NC(C)CCCNC(=O)CCC[C]2[CH][CH][CH][CH]2)c2ncccc2c1.[CH]1[CH][CH][CH][CH]1.[Fe+2]. The van der Waals surface area contributed by atoms with Crippen LogP contribution in [0.25, 0.3) is 10.9 Å². The van der Waals surface area contributed by atoms with Gasteiger partial charge in [-0.3, -0.25) is 9.78 Å². The van der Waals surface area contributed by atoms with Gasteiger partial charge in [0.1, 0.15) is 5.75 Å². The van der Waals surface area contributed by atoms with Crippen molar-refractivity contribution in [2.45, 2.75) is 45.1 Å². The van der Waals surface area contributed by atoms with Crippen molar-refractivity contribution in [2.75, 3.05) is 19.0 Å². The predicted molar refractivity (Wildman–Crippen MR) is 139 cm³/mol. The zero-order valence-corrected chi connectivity index (χ0v) is 21.6. The Balaban J connectivity index is 0.000000640. The molecule has 1 heterocycles. The summed E-state index contributed by atoms with van der Waals surface area (Å²) in [5.41, 5.74) is 1.92. The first-order chi connectivity index (χ1) is 16.7. The van der Waals surface area contributed by atoms with Crippen LogP contribution in [0, 0.1) is 63.7 Å². The maximum absolute atomic E-state index is 12.0. The Morgan fingerprint density at radius 2 is 1.74 bits per heavy atom. The standard InChI is InChI=1S/C24H30N3O2.C5H5.Fe/c1-18(8-6-14-25-23(28)13-5-11-19-9-3-4-10-19)27-22-17-21(29-2)16-20-12-7-15-26-24(20)22;1-2-4-5-3-1;/h3-4,7,9-10,12,15-18,27H,5-6,8,11,13-14H2,1-2H3,(H,25,28);1-5H;/q;;+2. The van der Waals surface area contributed by atoms with Gasteiger partial charge < -0.3 is 15.4 Å². The summed E-state index contributed by atoms with van der Waals surface area (Å²) in [6.45, 7) is 2.86. The number of hydrogen-bond acceptors (Lipinski definition) is 4. The average molecular weight is 513 g/mol. The molecule has 1 aromatic carbocycles. The Morgan fingerprint density at radius 3 is 2.43 bits per heavy atom. The third-order valence-corrected chi connectivity index (χ3v) is 5.61. The van der Waals surface area contributed by atoms with Crippen molar-refractivity contribution in [1.82, 2.24) is 10.3 Å². The number of nitrogens with zero attached hydrogens (tertiary/aromatic N) is 1. The molecule has 0 bridgehead atoms. The Hall–Kier alpha value is -1.78. The second-order valence-electron chi connectivity index (χ2n) is 8.40. The number of fused-ring (bicyclic) bond motifs is 1. The van der Waals surface area contributed by atoms with E-state index < -0.39 is 0 Å². The molecule has 10 radical (unpaired) electrons. The van der Waals surface area contributed by atoms with Crippen LogP contribution in [-0.2, 0) is 21.9 Å². The van der Waals surface area contributed by atoms with Gasteiger partial charge in [-0.1, -0.05) is 6.07 Å². The number of hydrogen-bond donors (Lipinski definition) is 2. The fourth-order valence-electron chi connectivity index (χ4n) is 3.81. The predicted octanol–water partition coefficient (Wildman–Crippen LogP) is 5.53. The van der Waals surface area contributed by atoms with Crippen LogP contribution < -0.4 is 15.4 Å². The molecule has 2 aliphatic carbocycles. The number of carbonyl (C=O) groups is 1. The molecule has 1 aromatic heterocycles. The summed E-state index contributed by atoms with van der Waals surface area (Å²) in [4.78, 5) is 16.5. The molecule has 35 heavy (non-hydrogen) atoms. The van der Waals surface area contributed by atoms with Gasteiger partial charge in [-0.05, 0) is 108 Å². The van der Waals surface area contributed by atoms with Crippen LogP contribution in [-0.4, -0.2) is 30.6 Å². The third kappa shape index (κ3) is 10.8. The number of anilines is 1. The zero-order chi connectivity index (χ0) is 24.0. The number of carbonyl (C=O) groups excluding carboxylic acids is 1. The third-order valence-electron chi connectivity index (χ3n) is 5.61. The Morgan fingerprint density at radius 1 is 1.03 bits per heavy atom. The molecular weight excluding hydrogens is 478 g/mol. The molecule has 2 aromatic rings. The van der Waals surface area contributed by atoms with Crippen LogP contribution >= 0.6 is 0 Å². The first-order valence-electron chi connectivity index (χ1n) is 12.0. The van der Waals surface area contributed by atoms with E-state index in [1.54, 1.807) is 13.3 Å². The Labute approximate surface area is 223 Å². The van der Waals surface area contributed by atoms with E-state index in [-0.39, 0.29) is 29.0 Å². The molecule has 0 saturated heterocycles. The van der Waals surface area contributed by atoms with Crippen molar-refractivity contribution in [3.8, 4) is 5.75 Å². The van der Waals surface area contributed by atoms with Gasteiger partial charge in [0.15, 0.2) is 0 Å². The van der Waals surface area contributed by atoms with E-state index in [1.807, 2.05) is 69.2 Å². The van der Waals surface area contributed by atoms with Gasteiger partial charge in [-0.2, -0.15) is 0 Å². The summed E-state index contributed by atoms with van der Waals surface area (Å²) in [6.07, 6.45) is 24.4. The minimum absolute atomic E-state index is 0. The summed E-state index contributed by atoms with van der Waals surface area (Å²) in [5, 5.41) is 7.62. The van der Waals surface area contributed by atoms with Crippen LogP contribution in [0.5, 0.6) is 5.75 Å². The molecule has 1 amide bonds. The van der Waals surface area contributed by atoms with Crippen LogP contribution in [0.4, 0.5) is 5.69 Å². The largest absolute Gasteiger partial charge is 2.00 e. The van der Waals surface area contributed by atoms with Crippen molar-refractivity contribution in [3.63, 3.8) is 0 Å². The number of pyridine rings is 1. The molecule has 0 spiro atoms. The minimum atomic E-state index is 0. The van der Waals surface area contributed by atoms with Gasteiger partial charge in [0.05, 0.1) is 18.3 Å². The van der Waals surface area contributed by atoms with E-state index in [0.29, 0.717) is 13.0 Å². The van der Waals surface area contributed by atoms with Crippen molar-refractivity contribution in [3.05, 3.63) is 94.2 Å². The van der Waals surface area contributed by atoms with E-state index in [1.165, 1.54) is 5.92 Å². The number of amides is 1. The minimum Gasteiger partial charge on any atom is -0.497 e. The number of benzene rings is 1. The number of rotatable bonds is 11. The molecule has 2 aliphatic rings. The molecule has 4 rings (SSSR count). The van der Waals surface area contributed by atoms with Gasteiger partial charge >= 0.3 is 17.1 Å². The maximum Gasteiger partial charge on any atom is 2.00 e. The van der Waals surface area contributed by atoms with E-state index in [2.05, 4.69) is 35.4 Å². The summed E-state index contributed by atoms with van der Waals surface area (Å²) in [6, 6.07) is 8.21. The molecule has 184 valence electrons. The molecule has 1 atom stereocenters. The van der Waals surface area contributed by atoms with Gasteiger partial charge in [0.25, 0.3) is 0 Å². The van der Waals surface area contributed by atoms with Gasteiger partial charge in [0.2, 0.25) is 5.91 Å². The van der Waals surface area contributed by atoms with Crippen molar-refractivity contribution < 1.29 is 26.6 Å². The molecule has 6 heteroatoms. The van der Waals surface area contributed by atoms with Crippen LogP contribution in [0.15, 0.2) is 30.5 Å². The van der Waals surface area contributed by atoms with Gasteiger partial charge in [-0.25, -0.2) is 0 Å². The second-order valence-corrected chi connectivity index (χ2v) is 8.40. The van der Waals surface area contributed by atoms with Gasteiger partial charge in [0, 0.05) is 36.7 Å². The number of ether oxygens (including phenoxy) is 1. The van der Waals surface area contributed by atoms with Crippen LogP contribution in [0.1, 0.15) is 39.0 Å². The first-order valence-corrected chi connectivity index (χ1v) is 12.0. The van der Waals surface area contributed by atoms with Crippen LogP contribution in [0.2, 0.25) is 0 Å². The fraction of sp³-hybridized carbons (Fsp3) is 0.310. The van der Waals surface area contributed by atoms with Crippen molar-refractivity contribution in [1.29, 1.82) is 0 Å². The average Bonchev–Trinajstić information content (AvgIpc) is 3.59. The van der Waals surface area contributed by atoms with E-state index in [4.69, 9.17) is 4.74 Å². The fourth-order valence-corrected chi connectivity index (χ4v) is 3.81.